The van der Waals surface area contributed by atoms with E-state index in [1.54, 1.807) is 12.1 Å². The summed E-state index contributed by atoms with van der Waals surface area (Å²) in [5, 5.41) is 10.8. The summed E-state index contributed by atoms with van der Waals surface area (Å²) in [6, 6.07) is 4.89. The second kappa shape index (κ2) is 4.93. The van der Waals surface area contributed by atoms with Crippen LogP contribution in [0, 0.1) is 10.1 Å². The lowest BCUT2D eigenvalue weighted by Crippen LogP contribution is -2.19. The van der Waals surface area contributed by atoms with Crippen LogP contribution >= 0.6 is 15.9 Å². The predicted octanol–water partition coefficient (Wildman–Crippen LogP) is 3.67. The van der Waals surface area contributed by atoms with Gasteiger partial charge in [-0.1, -0.05) is 22.0 Å². The first kappa shape index (κ1) is 13.1. The summed E-state index contributed by atoms with van der Waals surface area (Å²) in [5.74, 6) is 0. The first-order chi connectivity index (χ1) is 7.31. The van der Waals surface area contributed by atoms with Gasteiger partial charge < -0.3 is 4.74 Å². The number of nitro benzene ring substituents is 1. The maximum absolute atomic E-state index is 10.8. The van der Waals surface area contributed by atoms with E-state index in [1.165, 1.54) is 6.07 Å². The Hall–Kier alpha value is -0.940. The first-order valence-corrected chi connectivity index (χ1v) is 5.66. The fourth-order valence-corrected chi connectivity index (χ4v) is 1.62. The van der Waals surface area contributed by atoms with E-state index < -0.39 is 4.92 Å². The fraction of sp³-hybridized carbons (Fsp3) is 0.455. The zero-order valence-corrected chi connectivity index (χ0v) is 11.1. The Kier molecular flexibility index (Phi) is 4.04. The molecule has 0 aliphatic rings. The standard InChI is InChI=1S/C11H14BrNO3/c1-11(2,3)16-7-8-9(12)5-4-6-10(8)13(14)15/h4-6H,7H2,1-3H3. The lowest BCUT2D eigenvalue weighted by Gasteiger charge is -2.19. The Bertz CT molecular complexity index is 399. The van der Waals surface area contributed by atoms with Gasteiger partial charge in [0, 0.05) is 10.5 Å². The largest absolute Gasteiger partial charge is 0.371 e. The van der Waals surface area contributed by atoms with Gasteiger partial charge in [-0.05, 0) is 26.8 Å². The number of ether oxygens (including phenoxy) is 1. The summed E-state index contributed by atoms with van der Waals surface area (Å²) in [5.41, 5.74) is 0.337. The molecule has 0 saturated carbocycles. The van der Waals surface area contributed by atoms with Crippen LogP contribution in [0.1, 0.15) is 26.3 Å². The van der Waals surface area contributed by atoms with Crippen molar-refractivity contribution in [3.8, 4) is 0 Å². The minimum Gasteiger partial charge on any atom is -0.371 e. The molecule has 0 N–H and O–H groups in total. The summed E-state index contributed by atoms with van der Waals surface area (Å²) >= 11 is 3.30. The van der Waals surface area contributed by atoms with Crippen molar-refractivity contribution in [1.82, 2.24) is 0 Å². The Morgan fingerprint density at radius 3 is 2.56 bits per heavy atom. The second-order valence-electron chi connectivity index (χ2n) is 4.40. The topological polar surface area (TPSA) is 52.4 Å². The molecule has 0 atom stereocenters. The molecule has 0 amide bonds. The summed E-state index contributed by atoms with van der Waals surface area (Å²) < 4.78 is 6.25. The fourth-order valence-electron chi connectivity index (χ4n) is 1.15. The SMILES string of the molecule is CC(C)(C)OCc1c(Br)cccc1[N+](=O)[O-]. The van der Waals surface area contributed by atoms with E-state index in [1.807, 2.05) is 20.8 Å². The van der Waals surface area contributed by atoms with Gasteiger partial charge in [-0.2, -0.15) is 0 Å². The van der Waals surface area contributed by atoms with Gasteiger partial charge >= 0.3 is 0 Å². The van der Waals surface area contributed by atoms with Crippen molar-refractivity contribution in [2.24, 2.45) is 0 Å². The highest BCUT2D eigenvalue weighted by atomic mass is 79.9. The minimum absolute atomic E-state index is 0.0821. The molecule has 0 bridgehead atoms. The van der Waals surface area contributed by atoms with Crippen molar-refractivity contribution >= 4 is 21.6 Å². The summed E-state index contributed by atoms with van der Waals surface area (Å²) in [6.07, 6.45) is 0. The van der Waals surface area contributed by atoms with Crippen molar-refractivity contribution in [3.63, 3.8) is 0 Å². The van der Waals surface area contributed by atoms with Crippen molar-refractivity contribution in [2.75, 3.05) is 0 Å². The third-order valence-electron chi connectivity index (χ3n) is 1.94. The van der Waals surface area contributed by atoms with E-state index in [4.69, 9.17) is 4.74 Å². The lowest BCUT2D eigenvalue weighted by atomic mass is 10.1. The van der Waals surface area contributed by atoms with Crippen LogP contribution in [0.15, 0.2) is 22.7 Å². The molecule has 0 aliphatic carbocycles. The van der Waals surface area contributed by atoms with Crippen LogP contribution in [0.2, 0.25) is 0 Å². The zero-order valence-electron chi connectivity index (χ0n) is 9.49. The lowest BCUT2D eigenvalue weighted by molar-refractivity contribution is -0.386. The molecule has 4 nitrogen and oxygen atoms in total. The highest BCUT2D eigenvalue weighted by molar-refractivity contribution is 9.10. The van der Waals surface area contributed by atoms with E-state index in [9.17, 15) is 10.1 Å². The van der Waals surface area contributed by atoms with E-state index in [0.29, 0.717) is 10.0 Å². The van der Waals surface area contributed by atoms with Gasteiger partial charge in [-0.25, -0.2) is 0 Å². The van der Waals surface area contributed by atoms with Gasteiger partial charge in [0.1, 0.15) is 0 Å². The van der Waals surface area contributed by atoms with Gasteiger partial charge in [0.15, 0.2) is 0 Å². The second-order valence-corrected chi connectivity index (χ2v) is 5.25. The van der Waals surface area contributed by atoms with Crippen LogP contribution in [0.5, 0.6) is 0 Å². The first-order valence-electron chi connectivity index (χ1n) is 4.87. The molecule has 1 aromatic rings. The average molecular weight is 288 g/mol. The van der Waals surface area contributed by atoms with Crippen LogP contribution in [0.3, 0.4) is 0 Å². The van der Waals surface area contributed by atoms with E-state index in [2.05, 4.69) is 15.9 Å². The summed E-state index contributed by atoms with van der Waals surface area (Å²) in [4.78, 5) is 10.4. The molecule has 0 radical (unpaired) electrons. The van der Waals surface area contributed by atoms with E-state index in [-0.39, 0.29) is 17.9 Å². The third kappa shape index (κ3) is 3.57. The van der Waals surface area contributed by atoms with Crippen LogP contribution in [0.25, 0.3) is 0 Å². The molecule has 1 aromatic carbocycles. The van der Waals surface area contributed by atoms with Gasteiger partial charge in [-0.15, -0.1) is 0 Å². The Morgan fingerprint density at radius 1 is 1.44 bits per heavy atom. The molecule has 0 heterocycles. The monoisotopic (exact) mass is 287 g/mol. The highest BCUT2D eigenvalue weighted by Gasteiger charge is 2.19. The molecular weight excluding hydrogens is 274 g/mol. The van der Waals surface area contributed by atoms with Crippen molar-refractivity contribution in [3.05, 3.63) is 38.3 Å². The molecule has 0 aromatic heterocycles. The number of hydrogen-bond donors (Lipinski definition) is 0. The minimum atomic E-state index is -0.397. The summed E-state index contributed by atoms with van der Waals surface area (Å²) in [6.45, 7) is 5.96. The molecule has 5 heteroatoms. The molecule has 16 heavy (non-hydrogen) atoms. The maximum Gasteiger partial charge on any atom is 0.276 e. The van der Waals surface area contributed by atoms with Gasteiger partial charge in [0.25, 0.3) is 5.69 Å². The molecular formula is C11H14BrNO3. The molecule has 0 aliphatic heterocycles. The Balaban J connectivity index is 2.98. The number of rotatable bonds is 3. The van der Waals surface area contributed by atoms with Crippen molar-refractivity contribution < 1.29 is 9.66 Å². The van der Waals surface area contributed by atoms with Crippen LogP contribution in [0.4, 0.5) is 5.69 Å². The molecule has 0 fully saturated rings. The molecule has 0 spiro atoms. The van der Waals surface area contributed by atoms with Gasteiger partial charge in [-0.3, -0.25) is 10.1 Å². The number of nitrogens with zero attached hydrogens (tertiary/aromatic N) is 1. The van der Waals surface area contributed by atoms with Crippen molar-refractivity contribution in [1.29, 1.82) is 0 Å². The van der Waals surface area contributed by atoms with Crippen LogP contribution in [-0.4, -0.2) is 10.5 Å². The van der Waals surface area contributed by atoms with Gasteiger partial charge in [0.05, 0.1) is 22.7 Å². The van der Waals surface area contributed by atoms with E-state index in [0.717, 1.165) is 0 Å². The van der Waals surface area contributed by atoms with Crippen LogP contribution in [-0.2, 0) is 11.3 Å². The zero-order chi connectivity index (χ0) is 12.3. The van der Waals surface area contributed by atoms with Crippen molar-refractivity contribution in [2.45, 2.75) is 33.0 Å². The van der Waals surface area contributed by atoms with E-state index >= 15 is 0 Å². The molecule has 88 valence electrons. The number of halogens is 1. The third-order valence-corrected chi connectivity index (χ3v) is 2.68. The highest BCUT2D eigenvalue weighted by Crippen LogP contribution is 2.28. The Morgan fingerprint density at radius 2 is 2.06 bits per heavy atom. The molecule has 0 saturated heterocycles. The molecule has 1 rings (SSSR count). The quantitative estimate of drug-likeness (QED) is 0.630. The van der Waals surface area contributed by atoms with Crippen LogP contribution < -0.4 is 0 Å². The normalized spacial score (nSPS) is 11.5. The van der Waals surface area contributed by atoms with Gasteiger partial charge in [0.2, 0.25) is 0 Å². The Labute approximate surface area is 103 Å². The smallest absolute Gasteiger partial charge is 0.276 e. The number of nitro groups is 1. The number of hydrogen-bond acceptors (Lipinski definition) is 3. The average Bonchev–Trinajstić information content (AvgIpc) is 2.13. The number of benzene rings is 1. The molecule has 0 unspecified atom stereocenters. The predicted molar refractivity (Wildman–Crippen MR) is 65.3 cm³/mol. The maximum atomic E-state index is 10.8. The summed E-state index contributed by atoms with van der Waals surface area (Å²) in [7, 11) is 0.